The summed E-state index contributed by atoms with van der Waals surface area (Å²) in [5, 5.41) is 3.21. The van der Waals surface area contributed by atoms with Gasteiger partial charge < -0.3 is 25.3 Å². The number of Topliss-reactive ketones (excluding diaryl/α,β-unsaturated/α-hetero) is 2. The maximum absolute atomic E-state index is 13.7. The molecule has 3 atom stereocenters. The molecule has 1 saturated carbocycles. The number of nitrogens with zero attached hydrogens (tertiary/aromatic N) is 3. The molecular weight excluding hydrogens is 534 g/mol. The second kappa shape index (κ2) is 15.9. The highest BCUT2D eigenvalue weighted by molar-refractivity contribution is 6.13. The van der Waals surface area contributed by atoms with Gasteiger partial charge in [0.15, 0.2) is 11.6 Å². The van der Waals surface area contributed by atoms with E-state index in [0.717, 1.165) is 76.1 Å². The van der Waals surface area contributed by atoms with Crippen LogP contribution in [0.4, 0.5) is 0 Å². The minimum atomic E-state index is -0.613. The number of ether oxygens (including phenoxy) is 3. The van der Waals surface area contributed by atoms with Crippen LogP contribution in [0.2, 0.25) is 0 Å². The number of aromatic nitrogens is 2. The van der Waals surface area contributed by atoms with Crippen molar-refractivity contribution in [2.45, 2.75) is 90.1 Å². The summed E-state index contributed by atoms with van der Waals surface area (Å²) in [5.41, 5.74) is 9.43. The van der Waals surface area contributed by atoms with Gasteiger partial charge in [-0.05, 0) is 58.0 Å². The second-order valence-corrected chi connectivity index (χ2v) is 12.2. The molecule has 0 amide bonds. The first-order valence-corrected chi connectivity index (χ1v) is 15.9. The molecule has 0 bridgehead atoms. The van der Waals surface area contributed by atoms with Crippen LogP contribution >= 0.6 is 0 Å². The van der Waals surface area contributed by atoms with Crippen LogP contribution in [0, 0.1) is 11.8 Å². The summed E-state index contributed by atoms with van der Waals surface area (Å²) in [6.45, 7) is 9.27. The lowest BCUT2D eigenvalue weighted by Crippen LogP contribution is -2.51. The molecule has 1 saturated heterocycles. The summed E-state index contributed by atoms with van der Waals surface area (Å²) in [6.07, 6.45) is 6.89. The summed E-state index contributed by atoms with van der Waals surface area (Å²) in [5.74, 6) is 0.571. The third kappa shape index (κ3) is 7.95. The zero-order chi connectivity index (χ0) is 30.1. The zero-order valence-corrected chi connectivity index (χ0v) is 26.1. The average Bonchev–Trinajstić information content (AvgIpc) is 2.96. The van der Waals surface area contributed by atoms with Crippen molar-refractivity contribution in [3.05, 3.63) is 22.7 Å². The van der Waals surface area contributed by atoms with Crippen molar-refractivity contribution in [3.63, 3.8) is 0 Å². The highest BCUT2D eigenvalue weighted by Crippen LogP contribution is 2.37. The minimum Gasteiger partial charge on any atom is -0.477 e. The van der Waals surface area contributed by atoms with Crippen molar-refractivity contribution in [1.29, 1.82) is 0 Å². The van der Waals surface area contributed by atoms with Crippen LogP contribution < -0.4 is 15.8 Å². The van der Waals surface area contributed by atoms with E-state index in [1.165, 1.54) is 0 Å². The van der Waals surface area contributed by atoms with Crippen molar-refractivity contribution in [3.8, 4) is 5.88 Å². The molecule has 2 aliphatic heterocycles. The van der Waals surface area contributed by atoms with Crippen LogP contribution in [0.25, 0.3) is 5.70 Å². The van der Waals surface area contributed by atoms with Gasteiger partial charge in [-0.2, -0.15) is 4.98 Å². The maximum atomic E-state index is 13.7. The molecule has 10 heteroatoms. The van der Waals surface area contributed by atoms with Gasteiger partial charge >= 0.3 is 0 Å². The molecule has 0 aromatic carbocycles. The van der Waals surface area contributed by atoms with E-state index < -0.39 is 5.92 Å². The highest BCUT2D eigenvalue weighted by atomic mass is 16.5. The van der Waals surface area contributed by atoms with E-state index in [4.69, 9.17) is 29.9 Å². The molecular formula is C32H51N5O5. The first-order chi connectivity index (χ1) is 20.4. The Hall–Kier alpha value is -2.40. The van der Waals surface area contributed by atoms with Crippen molar-refractivity contribution in [2.75, 3.05) is 53.7 Å². The lowest BCUT2D eigenvalue weighted by Gasteiger charge is -2.42. The topological polar surface area (TPSA) is 129 Å². The van der Waals surface area contributed by atoms with E-state index in [1.807, 2.05) is 14.0 Å². The molecule has 10 nitrogen and oxygen atoms in total. The van der Waals surface area contributed by atoms with Gasteiger partial charge in [0.25, 0.3) is 0 Å². The molecule has 2 fully saturated rings. The third-order valence-electron chi connectivity index (χ3n) is 8.87. The van der Waals surface area contributed by atoms with Gasteiger partial charge in [0.1, 0.15) is 5.78 Å². The first kappa shape index (κ1) is 32.5. The van der Waals surface area contributed by atoms with Crippen molar-refractivity contribution in [2.24, 2.45) is 17.6 Å². The molecule has 234 valence electrons. The summed E-state index contributed by atoms with van der Waals surface area (Å²) in [4.78, 5) is 38.8. The molecule has 3 N–H and O–H groups in total. The number of fused-ring (bicyclic) bond motifs is 1. The largest absolute Gasteiger partial charge is 0.477 e. The summed E-state index contributed by atoms with van der Waals surface area (Å²) >= 11 is 0. The van der Waals surface area contributed by atoms with E-state index in [-0.39, 0.29) is 23.2 Å². The Kier molecular flexibility index (Phi) is 12.3. The Labute approximate surface area is 251 Å². The fraction of sp³-hybridized carbons (Fsp3) is 0.750. The number of rotatable bonds is 16. The molecule has 4 rings (SSSR count). The van der Waals surface area contributed by atoms with Crippen molar-refractivity contribution >= 4 is 17.3 Å². The zero-order valence-electron chi connectivity index (χ0n) is 26.1. The Morgan fingerprint density at radius 3 is 2.74 bits per heavy atom. The number of allylic oxidation sites excluding steroid dienone is 1. The minimum absolute atomic E-state index is 0.0231. The Balaban J connectivity index is 1.73. The van der Waals surface area contributed by atoms with Gasteiger partial charge in [0.2, 0.25) is 5.88 Å². The maximum Gasteiger partial charge on any atom is 0.221 e. The van der Waals surface area contributed by atoms with Crippen LogP contribution in [0.1, 0.15) is 94.6 Å². The number of nitrogens with two attached hydrogens (primary N) is 1. The molecule has 1 aromatic rings. The predicted octanol–water partition coefficient (Wildman–Crippen LogP) is 3.62. The summed E-state index contributed by atoms with van der Waals surface area (Å²) < 4.78 is 17.5. The van der Waals surface area contributed by atoms with E-state index in [0.29, 0.717) is 68.3 Å². The fourth-order valence-corrected chi connectivity index (χ4v) is 6.22. The standard InChI is InChI=1S/C32H51N5O5/c1-5-9-25(30(39)24-11-6-7-12-27(24)38)28(33)31-35-29-22(13-15-40-4)16-37(23-19-41-20-23)17-26(29)32(36-31)42-18-21(2)10-8-14-34-3/h21-24,34H,5-20,33H2,1-4H3/b28-25-/t21?,22-,24-/m0/s1. The van der Waals surface area contributed by atoms with E-state index in [2.05, 4.69) is 17.1 Å². The molecule has 0 radical (unpaired) electrons. The summed E-state index contributed by atoms with van der Waals surface area (Å²) in [6, 6.07) is 0.364. The molecule has 1 unspecified atom stereocenters. The Morgan fingerprint density at radius 1 is 1.26 bits per heavy atom. The van der Waals surface area contributed by atoms with Gasteiger partial charge in [-0.3, -0.25) is 14.5 Å². The number of carbonyl (C=O) groups excluding carboxylic acids is 2. The van der Waals surface area contributed by atoms with Crippen molar-refractivity contribution in [1.82, 2.24) is 20.2 Å². The van der Waals surface area contributed by atoms with Crippen LogP contribution in [-0.2, 0) is 25.6 Å². The summed E-state index contributed by atoms with van der Waals surface area (Å²) in [7, 11) is 3.68. The average molecular weight is 586 g/mol. The van der Waals surface area contributed by atoms with Gasteiger partial charge in [0, 0.05) is 44.7 Å². The molecule has 3 heterocycles. The van der Waals surface area contributed by atoms with Crippen LogP contribution in [0.15, 0.2) is 5.57 Å². The van der Waals surface area contributed by atoms with Crippen LogP contribution in [0.3, 0.4) is 0 Å². The highest BCUT2D eigenvalue weighted by Gasteiger charge is 2.37. The van der Waals surface area contributed by atoms with Crippen LogP contribution in [0.5, 0.6) is 5.88 Å². The number of hydrogen-bond acceptors (Lipinski definition) is 10. The molecule has 42 heavy (non-hydrogen) atoms. The molecule has 1 aromatic heterocycles. The van der Waals surface area contributed by atoms with E-state index in [9.17, 15) is 9.59 Å². The van der Waals surface area contributed by atoms with Gasteiger partial charge in [0.05, 0.1) is 48.7 Å². The normalized spacial score (nSPS) is 22.7. The number of nitrogens with one attached hydrogen (secondary N) is 1. The molecule has 3 aliphatic rings. The van der Waals surface area contributed by atoms with Crippen LogP contribution in [-0.4, -0.2) is 86.2 Å². The number of hydrogen-bond donors (Lipinski definition) is 2. The molecule has 0 spiro atoms. The fourth-order valence-electron chi connectivity index (χ4n) is 6.22. The molecule has 1 aliphatic carbocycles. The monoisotopic (exact) mass is 585 g/mol. The lowest BCUT2D eigenvalue weighted by molar-refractivity contribution is -0.132. The smallest absolute Gasteiger partial charge is 0.221 e. The third-order valence-corrected chi connectivity index (χ3v) is 8.87. The van der Waals surface area contributed by atoms with Gasteiger partial charge in [-0.15, -0.1) is 0 Å². The van der Waals surface area contributed by atoms with E-state index >= 15 is 0 Å². The van der Waals surface area contributed by atoms with Gasteiger partial charge in [-0.1, -0.05) is 26.7 Å². The second-order valence-electron chi connectivity index (χ2n) is 12.2. The first-order valence-electron chi connectivity index (χ1n) is 15.9. The SMILES string of the molecule is CCC/C(C(=O)[C@H]1CCCCC1=O)=C(/N)c1nc(OCC(C)CCCNC)c2c(n1)[C@@H](CCOC)CN(C1COC1)C2. The number of carbonyl (C=O) groups is 2. The Bertz CT molecular complexity index is 1110. The Morgan fingerprint density at radius 2 is 2.07 bits per heavy atom. The van der Waals surface area contributed by atoms with Crippen molar-refractivity contribution < 1.29 is 23.8 Å². The lowest BCUT2D eigenvalue weighted by atomic mass is 9.81. The quantitative estimate of drug-likeness (QED) is 0.169. The van der Waals surface area contributed by atoms with E-state index in [1.54, 1.807) is 7.11 Å². The number of ketones is 2. The number of methoxy groups -OCH3 is 1. The van der Waals surface area contributed by atoms with Gasteiger partial charge in [-0.25, -0.2) is 4.98 Å². The predicted molar refractivity (Wildman–Crippen MR) is 162 cm³/mol.